The van der Waals surface area contributed by atoms with Crippen molar-refractivity contribution < 1.29 is 14.3 Å². The summed E-state index contributed by atoms with van der Waals surface area (Å²) in [5, 5.41) is 9.85. The lowest BCUT2D eigenvalue weighted by atomic mass is 9.95. The van der Waals surface area contributed by atoms with Crippen molar-refractivity contribution in [3.8, 4) is 5.75 Å². The normalized spacial score (nSPS) is 20.0. The fourth-order valence-corrected chi connectivity index (χ4v) is 6.42. The van der Waals surface area contributed by atoms with Gasteiger partial charge in [-0.25, -0.2) is 4.98 Å². The average molecular weight is 579 g/mol. The minimum absolute atomic E-state index is 0.0515. The summed E-state index contributed by atoms with van der Waals surface area (Å²) in [6.07, 6.45) is 8.65. The summed E-state index contributed by atoms with van der Waals surface area (Å²) >= 11 is 0. The summed E-state index contributed by atoms with van der Waals surface area (Å²) < 4.78 is 5.63. The van der Waals surface area contributed by atoms with E-state index < -0.39 is 0 Å². The highest BCUT2D eigenvalue weighted by atomic mass is 16.5. The van der Waals surface area contributed by atoms with E-state index in [-0.39, 0.29) is 17.9 Å². The molecule has 228 valence electrons. The molecule has 11 heteroatoms. The lowest BCUT2D eigenvalue weighted by Gasteiger charge is -2.42. The lowest BCUT2D eigenvalue weighted by molar-refractivity contribution is -0.117. The molecule has 3 fully saturated rings. The van der Waals surface area contributed by atoms with Gasteiger partial charge >= 0.3 is 0 Å². The number of nitrogens with one attached hydrogen (secondary N) is 3. The summed E-state index contributed by atoms with van der Waals surface area (Å²) in [4.78, 5) is 41.1. The Morgan fingerprint density at radius 3 is 2.57 bits per heavy atom. The molecule has 6 rings (SSSR count). The zero-order valence-electron chi connectivity index (χ0n) is 25.5. The molecule has 0 spiro atoms. The van der Waals surface area contributed by atoms with E-state index in [1.807, 2.05) is 19.9 Å². The highest BCUT2D eigenvalue weighted by Crippen LogP contribution is 2.37. The first-order valence-corrected chi connectivity index (χ1v) is 15.6. The Morgan fingerprint density at radius 2 is 1.86 bits per heavy atom. The maximum absolute atomic E-state index is 13.0. The van der Waals surface area contributed by atoms with Crippen molar-refractivity contribution in [1.82, 2.24) is 25.5 Å². The molecule has 1 saturated carbocycles. The van der Waals surface area contributed by atoms with Crippen LogP contribution in [-0.2, 0) is 4.79 Å². The molecule has 1 aliphatic carbocycles. The number of aromatic nitrogens is 2. The standard InChI is InChI=1S/C29H40N8O3.C2H6/c1-35-24-14-31-29(34-27(24)37(18-26(35)38)22-5-3-4-6-22)33-23-8-7-20(13-25(23)40-2)28(39)32-21-16-36(17-21)15-19-9-11-30-12-10-19;1-2/h7-8,13-14,19,21-22,30H,3-6,9-12,15-18H2,1-2H3,(H,32,39)(H,31,33,34);1-2H3. The Bertz CT molecular complexity index is 1240. The number of rotatable bonds is 8. The number of carbonyl (C=O) groups excluding carboxylic acids is 2. The Kier molecular flexibility index (Phi) is 9.79. The van der Waals surface area contributed by atoms with Gasteiger partial charge < -0.3 is 30.5 Å². The average Bonchev–Trinajstić information content (AvgIpc) is 3.54. The van der Waals surface area contributed by atoms with Crippen molar-refractivity contribution in [1.29, 1.82) is 0 Å². The van der Waals surface area contributed by atoms with Gasteiger partial charge in [0.25, 0.3) is 5.91 Å². The zero-order valence-corrected chi connectivity index (χ0v) is 25.5. The van der Waals surface area contributed by atoms with Gasteiger partial charge in [-0.15, -0.1) is 0 Å². The first kappa shape index (κ1) is 30.0. The molecule has 4 heterocycles. The molecule has 4 aliphatic rings. The summed E-state index contributed by atoms with van der Waals surface area (Å²) in [6.45, 7) is 9.48. The van der Waals surface area contributed by atoms with E-state index in [0.717, 1.165) is 63.0 Å². The number of methoxy groups -OCH3 is 1. The number of likely N-dealkylation sites (tertiary alicyclic amines) is 1. The topological polar surface area (TPSA) is 115 Å². The Balaban J connectivity index is 0.00000173. The number of hydrogen-bond donors (Lipinski definition) is 3. The van der Waals surface area contributed by atoms with Crippen molar-refractivity contribution in [2.45, 2.75) is 64.5 Å². The first-order valence-electron chi connectivity index (χ1n) is 15.6. The third-order valence-electron chi connectivity index (χ3n) is 8.81. The Morgan fingerprint density at radius 1 is 1.12 bits per heavy atom. The monoisotopic (exact) mass is 578 g/mol. The van der Waals surface area contributed by atoms with Crippen molar-refractivity contribution in [3.05, 3.63) is 30.0 Å². The number of nitrogens with zero attached hydrogens (tertiary/aromatic N) is 5. The first-order chi connectivity index (χ1) is 20.5. The van der Waals surface area contributed by atoms with Crippen LogP contribution in [0.4, 0.5) is 23.1 Å². The second kappa shape index (κ2) is 13.7. The smallest absolute Gasteiger partial charge is 0.251 e. The molecular formula is C31H46N8O3. The van der Waals surface area contributed by atoms with E-state index in [4.69, 9.17) is 9.72 Å². The molecule has 3 N–H and O–H groups in total. The van der Waals surface area contributed by atoms with E-state index >= 15 is 0 Å². The maximum Gasteiger partial charge on any atom is 0.251 e. The van der Waals surface area contributed by atoms with E-state index in [9.17, 15) is 9.59 Å². The van der Waals surface area contributed by atoms with Gasteiger partial charge in [0, 0.05) is 38.3 Å². The number of ether oxygens (including phenoxy) is 1. The number of carbonyl (C=O) groups is 2. The summed E-state index contributed by atoms with van der Waals surface area (Å²) in [5.74, 6) is 2.45. The van der Waals surface area contributed by atoms with Gasteiger partial charge in [0.15, 0.2) is 5.82 Å². The van der Waals surface area contributed by atoms with Gasteiger partial charge in [0.05, 0.1) is 31.6 Å². The van der Waals surface area contributed by atoms with E-state index in [0.29, 0.717) is 35.5 Å². The SMILES string of the molecule is CC.COc1cc(C(=O)NC2CN(CC3CCNCC3)C2)ccc1Nc1ncc2c(n1)N(C1CCCC1)CC(=O)N2C. The molecule has 42 heavy (non-hydrogen) atoms. The number of piperidine rings is 1. The number of amides is 2. The predicted octanol–water partition coefficient (Wildman–Crippen LogP) is 3.39. The molecule has 1 aromatic heterocycles. The second-order valence-corrected chi connectivity index (χ2v) is 11.5. The molecule has 0 bridgehead atoms. The summed E-state index contributed by atoms with van der Waals surface area (Å²) in [6, 6.07) is 5.86. The molecule has 0 radical (unpaired) electrons. The minimum Gasteiger partial charge on any atom is -0.495 e. The third kappa shape index (κ3) is 6.62. The molecule has 2 aromatic rings. The van der Waals surface area contributed by atoms with Crippen LogP contribution in [0.3, 0.4) is 0 Å². The van der Waals surface area contributed by atoms with Crippen LogP contribution in [0.25, 0.3) is 0 Å². The zero-order chi connectivity index (χ0) is 29.6. The molecule has 3 aliphatic heterocycles. The number of benzene rings is 1. The second-order valence-electron chi connectivity index (χ2n) is 11.5. The minimum atomic E-state index is -0.0960. The molecule has 2 saturated heterocycles. The number of fused-ring (bicyclic) bond motifs is 1. The molecule has 2 amide bonds. The molecule has 0 atom stereocenters. The van der Waals surface area contributed by atoms with Crippen LogP contribution in [0.15, 0.2) is 24.4 Å². The van der Waals surface area contributed by atoms with E-state index in [2.05, 4.69) is 30.7 Å². The van der Waals surface area contributed by atoms with Crippen LogP contribution in [0.5, 0.6) is 5.75 Å². The lowest BCUT2D eigenvalue weighted by Crippen LogP contribution is -2.60. The number of hydrogen-bond acceptors (Lipinski definition) is 9. The molecule has 11 nitrogen and oxygen atoms in total. The van der Waals surface area contributed by atoms with Crippen LogP contribution >= 0.6 is 0 Å². The quantitative estimate of drug-likeness (QED) is 0.434. The third-order valence-corrected chi connectivity index (χ3v) is 8.81. The summed E-state index contributed by atoms with van der Waals surface area (Å²) in [5.41, 5.74) is 1.94. The van der Waals surface area contributed by atoms with Gasteiger partial charge in [0.2, 0.25) is 11.9 Å². The van der Waals surface area contributed by atoms with Crippen LogP contribution in [0.2, 0.25) is 0 Å². The molecule has 0 unspecified atom stereocenters. The van der Waals surface area contributed by atoms with Crippen LogP contribution < -0.4 is 30.5 Å². The van der Waals surface area contributed by atoms with Crippen molar-refractivity contribution in [2.24, 2.45) is 5.92 Å². The van der Waals surface area contributed by atoms with Gasteiger partial charge in [-0.3, -0.25) is 14.5 Å². The largest absolute Gasteiger partial charge is 0.495 e. The van der Waals surface area contributed by atoms with Crippen LogP contribution in [0, 0.1) is 5.92 Å². The predicted molar refractivity (Wildman–Crippen MR) is 166 cm³/mol. The van der Waals surface area contributed by atoms with E-state index in [1.54, 1.807) is 37.4 Å². The van der Waals surface area contributed by atoms with E-state index in [1.165, 1.54) is 25.7 Å². The van der Waals surface area contributed by atoms with Gasteiger partial charge in [-0.05, 0) is 62.9 Å². The van der Waals surface area contributed by atoms with Crippen molar-refractivity contribution in [2.75, 3.05) is 68.5 Å². The van der Waals surface area contributed by atoms with Gasteiger partial charge in [-0.1, -0.05) is 26.7 Å². The van der Waals surface area contributed by atoms with Crippen molar-refractivity contribution in [3.63, 3.8) is 0 Å². The maximum atomic E-state index is 13.0. The van der Waals surface area contributed by atoms with Crippen molar-refractivity contribution >= 4 is 35.0 Å². The van der Waals surface area contributed by atoms with Gasteiger partial charge in [-0.2, -0.15) is 4.98 Å². The molecular weight excluding hydrogens is 532 g/mol. The Hall–Kier alpha value is -3.44. The Labute approximate surface area is 249 Å². The molecule has 1 aromatic carbocycles. The fraction of sp³-hybridized carbons (Fsp3) is 0.613. The number of likely N-dealkylation sites (N-methyl/N-ethyl adjacent to an activating group) is 1. The van der Waals surface area contributed by atoms with Crippen LogP contribution in [-0.4, -0.2) is 92.2 Å². The fourth-order valence-electron chi connectivity index (χ4n) is 6.42. The highest BCUT2D eigenvalue weighted by molar-refractivity contribution is 6.02. The summed E-state index contributed by atoms with van der Waals surface area (Å²) in [7, 11) is 3.36. The van der Waals surface area contributed by atoms with Gasteiger partial charge in [0.1, 0.15) is 11.4 Å². The van der Waals surface area contributed by atoms with Crippen LogP contribution in [0.1, 0.15) is 62.7 Å². The number of anilines is 4. The highest BCUT2D eigenvalue weighted by Gasteiger charge is 2.35.